The Morgan fingerprint density at radius 1 is 1.27 bits per heavy atom. The number of aryl methyl sites for hydroxylation is 2. The van der Waals surface area contributed by atoms with Crippen LogP contribution in [-0.2, 0) is 18.4 Å². The van der Waals surface area contributed by atoms with E-state index in [9.17, 15) is 9.59 Å². The number of carbonyl (C=O) groups is 1. The Kier molecular flexibility index (Phi) is 5.79. The third kappa shape index (κ3) is 4.11. The van der Waals surface area contributed by atoms with Crippen molar-refractivity contribution in [2.75, 3.05) is 6.54 Å². The first kappa shape index (κ1) is 18.3. The number of amides is 1. The number of nitrogens with two attached hydrogens (primary N) is 1. The molecule has 1 aromatic carbocycles. The van der Waals surface area contributed by atoms with Gasteiger partial charge in [-0.05, 0) is 26.0 Å². The van der Waals surface area contributed by atoms with Crippen molar-refractivity contribution in [2.24, 2.45) is 12.8 Å². The second-order valence-electron chi connectivity index (χ2n) is 6.00. The molecule has 0 fully saturated rings. The lowest BCUT2D eigenvalue weighted by molar-refractivity contribution is -0.121. The number of rotatable bonds is 5. The monoisotopic (exact) mass is 326 g/mol. The summed E-state index contributed by atoms with van der Waals surface area (Å²) in [5.74, 6) is -0.103. The van der Waals surface area contributed by atoms with Gasteiger partial charge in [0, 0.05) is 32.1 Å². The summed E-state index contributed by atoms with van der Waals surface area (Å²) >= 11 is 0. The van der Waals surface area contributed by atoms with E-state index in [0.29, 0.717) is 13.1 Å². The third-order valence-corrected chi connectivity index (χ3v) is 3.36. The van der Waals surface area contributed by atoms with E-state index in [1.807, 2.05) is 38.1 Å². The second kappa shape index (κ2) is 6.98. The van der Waals surface area contributed by atoms with E-state index < -0.39 is 5.54 Å². The summed E-state index contributed by atoms with van der Waals surface area (Å²) in [6.07, 6.45) is 0.254. The standard InChI is InChI=1S/C15H22N4O2.ClH/c1-15(2,16)10-17-13(20)8-9-19-12-7-5-4-6-11(12)18(3)14(19)21;/h4-7H,8-10,16H2,1-3H3,(H,17,20);1H. The van der Waals surface area contributed by atoms with E-state index in [-0.39, 0.29) is 30.4 Å². The fraction of sp³-hybridized carbons (Fsp3) is 0.467. The molecule has 0 bridgehead atoms. The van der Waals surface area contributed by atoms with Gasteiger partial charge in [0.2, 0.25) is 5.91 Å². The quantitative estimate of drug-likeness (QED) is 0.860. The summed E-state index contributed by atoms with van der Waals surface area (Å²) in [6.45, 7) is 4.47. The van der Waals surface area contributed by atoms with Crippen molar-refractivity contribution in [2.45, 2.75) is 32.4 Å². The van der Waals surface area contributed by atoms with E-state index >= 15 is 0 Å². The Hall–Kier alpha value is -1.79. The number of aromatic nitrogens is 2. The van der Waals surface area contributed by atoms with Gasteiger partial charge in [0.1, 0.15) is 0 Å². The molecule has 7 heteroatoms. The first-order valence-electron chi connectivity index (χ1n) is 6.99. The molecule has 3 N–H and O–H groups in total. The van der Waals surface area contributed by atoms with Crippen molar-refractivity contribution in [3.05, 3.63) is 34.7 Å². The van der Waals surface area contributed by atoms with Gasteiger partial charge in [0.25, 0.3) is 0 Å². The second-order valence-corrected chi connectivity index (χ2v) is 6.00. The van der Waals surface area contributed by atoms with Crippen LogP contribution in [0.25, 0.3) is 11.0 Å². The van der Waals surface area contributed by atoms with Crippen LogP contribution < -0.4 is 16.7 Å². The molecule has 0 aliphatic carbocycles. The van der Waals surface area contributed by atoms with E-state index in [0.717, 1.165) is 11.0 Å². The highest BCUT2D eigenvalue weighted by atomic mass is 35.5. The van der Waals surface area contributed by atoms with E-state index in [1.54, 1.807) is 16.2 Å². The van der Waals surface area contributed by atoms with Gasteiger partial charge in [-0.15, -0.1) is 12.4 Å². The molecule has 0 saturated carbocycles. The highest BCUT2D eigenvalue weighted by Crippen LogP contribution is 2.11. The number of hydrogen-bond donors (Lipinski definition) is 2. The summed E-state index contributed by atoms with van der Waals surface area (Å²) in [5, 5.41) is 2.78. The number of carbonyl (C=O) groups excluding carboxylic acids is 1. The zero-order chi connectivity index (χ0) is 15.6. The zero-order valence-corrected chi connectivity index (χ0v) is 13.9. The Balaban J connectivity index is 0.00000242. The lowest BCUT2D eigenvalue weighted by atomic mass is 10.1. The Bertz CT molecular complexity index is 712. The molecule has 2 aromatic rings. The molecule has 0 atom stereocenters. The van der Waals surface area contributed by atoms with Crippen LogP contribution in [0.15, 0.2) is 29.1 Å². The molecule has 122 valence electrons. The molecule has 22 heavy (non-hydrogen) atoms. The van der Waals surface area contributed by atoms with Gasteiger partial charge in [-0.25, -0.2) is 4.79 Å². The minimum Gasteiger partial charge on any atom is -0.354 e. The summed E-state index contributed by atoms with van der Waals surface area (Å²) in [6, 6.07) is 7.55. The third-order valence-electron chi connectivity index (χ3n) is 3.36. The maximum atomic E-state index is 12.2. The van der Waals surface area contributed by atoms with Crippen LogP contribution in [0.3, 0.4) is 0 Å². The van der Waals surface area contributed by atoms with Gasteiger partial charge in [0.05, 0.1) is 11.0 Å². The number of fused-ring (bicyclic) bond motifs is 1. The number of benzene rings is 1. The van der Waals surface area contributed by atoms with Gasteiger partial charge < -0.3 is 11.1 Å². The lowest BCUT2D eigenvalue weighted by Crippen LogP contribution is -2.45. The Morgan fingerprint density at radius 2 is 1.86 bits per heavy atom. The summed E-state index contributed by atoms with van der Waals surface area (Å²) < 4.78 is 3.22. The fourth-order valence-electron chi connectivity index (χ4n) is 2.21. The van der Waals surface area contributed by atoms with Gasteiger partial charge in [-0.3, -0.25) is 13.9 Å². The van der Waals surface area contributed by atoms with Crippen LogP contribution in [0.5, 0.6) is 0 Å². The number of halogens is 1. The van der Waals surface area contributed by atoms with Gasteiger partial charge in [-0.1, -0.05) is 12.1 Å². The molecule has 0 radical (unpaired) electrons. The Morgan fingerprint density at radius 3 is 2.45 bits per heavy atom. The maximum absolute atomic E-state index is 12.2. The van der Waals surface area contributed by atoms with Crippen LogP contribution in [0.1, 0.15) is 20.3 Å². The maximum Gasteiger partial charge on any atom is 0.328 e. The predicted octanol–water partition coefficient (Wildman–Crippen LogP) is 1.01. The number of nitrogens with zero attached hydrogens (tertiary/aromatic N) is 2. The molecule has 0 spiro atoms. The van der Waals surface area contributed by atoms with Gasteiger partial charge >= 0.3 is 5.69 Å². The average molecular weight is 327 g/mol. The first-order valence-corrected chi connectivity index (χ1v) is 6.99. The van der Waals surface area contributed by atoms with Crippen molar-refractivity contribution < 1.29 is 4.79 Å². The molecule has 0 unspecified atom stereocenters. The predicted molar refractivity (Wildman–Crippen MR) is 90.3 cm³/mol. The minimum atomic E-state index is -0.439. The SMILES string of the molecule is Cl.Cn1c(=O)n(CCC(=O)NCC(C)(C)N)c2ccccc21. The number of hydrogen-bond acceptors (Lipinski definition) is 3. The smallest absolute Gasteiger partial charge is 0.328 e. The largest absolute Gasteiger partial charge is 0.354 e. The number of imidazole rings is 1. The molecular weight excluding hydrogens is 304 g/mol. The highest BCUT2D eigenvalue weighted by molar-refractivity contribution is 5.85. The van der Waals surface area contributed by atoms with Crippen molar-refractivity contribution in [1.82, 2.24) is 14.5 Å². The van der Waals surface area contributed by atoms with Crippen molar-refractivity contribution in [3.8, 4) is 0 Å². The van der Waals surface area contributed by atoms with Gasteiger partial charge in [-0.2, -0.15) is 0 Å². The van der Waals surface area contributed by atoms with Crippen molar-refractivity contribution in [1.29, 1.82) is 0 Å². The Labute approximate surface area is 135 Å². The highest BCUT2D eigenvalue weighted by Gasteiger charge is 2.14. The molecular formula is C15H23ClN4O2. The minimum absolute atomic E-state index is 0. The molecule has 2 rings (SSSR count). The molecule has 6 nitrogen and oxygen atoms in total. The molecule has 0 saturated heterocycles. The average Bonchev–Trinajstić information content (AvgIpc) is 2.67. The normalized spacial score (nSPS) is 11.3. The van der Waals surface area contributed by atoms with Crippen LogP contribution in [0, 0.1) is 0 Å². The summed E-state index contributed by atoms with van der Waals surface area (Å²) in [4.78, 5) is 24.0. The molecule has 1 amide bonds. The number of para-hydroxylation sites is 2. The molecule has 0 aliphatic rings. The topological polar surface area (TPSA) is 82.0 Å². The van der Waals surface area contributed by atoms with Crippen LogP contribution in [0.2, 0.25) is 0 Å². The molecule has 1 aromatic heterocycles. The molecule has 0 aliphatic heterocycles. The van der Waals surface area contributed by atoms with Crippen LogP contribution in [-0.4, -0.2) is 27.1 Å². The van der Waals surface area contributed by atoms with Crippen molar-refractivity contribution >= 4 is 29.3 Å². The first-order chi connectivity index (χ1) is 9.79. The van der Waals surface area contributed by atoms with Crippen molar-refractivity contribution in [3.63, 3.8) is 0 Å². The number of nitrogens with one attached hydrogen (secondary N) is 1. The molecule has 1 heterocycles. The lowest BCUT2D eigenvalue weighted by Gasteiger charge is -2.18. The van der Waals surface area contributed by atoms with E-state index in [1.165, 1.54) is 0 Å². The van der Waals surface area contributed by atoms with Crippen LogP contribution >= 0.6 is 12.4 Å². The van der Waals surface area contributed by atoms with E-state index in [2.05, 4.69) is 5.32 Å². The van der Waals surface area contributed by atoms with Gasteiger partial charge in [0.15, 0.2) is 0 Å². The fourth-order valence-corrected chi connectivity index (χ4v) is 2.21. The zero-order valence-electron chi connectivity index (χ0n) is 13.1. The van der Waals surface area contributed by atoms with Crippen LogP contribution in [0.4, 0.5) is 0 Å². The summed E-state index contributed by atoms with van der Waals surface area (Å²) in [7, 11) is 1.73. The van der Waals surface area contributed by atoms with E-state index in [4.69, 9.17) is 5.73 Å². The summed E-state index contributed by atoms with van der Waals surface area (Å²) in [5.41, 5.74) is 6.98.